The zero-order chi connectivity index (χ0) is 12.6. The van der Waals surface area contributed by atoms with E-state index in [1.807, 2.05) is 0 Å². The number of rotatable bonds is 8. The molecule has 0 N–H and O–H groups in total. The Labute approximate surface area is 102 Å². The summed E-state index contributed by atoms with van der Waals surface area (Å²) in [5, 5.41) is 0. The van der Waals surface area contributed by atoms with Gasteiger partial charge in [-0.25, -0.2) is 0 Å². The fraction of sp³-hybridized carbons (Fsp3) is 0.933. The third kappa shape index (κ3) is 7.90. The Balaban J connectivity index is 3.59. The lowest BCUT2D eigenvalue weighted by molar-refractivity contribution is -0.120. The molecule has 0 aliphatic heterocycles. The summed E-state index contributed by atoms with van der Waals surface area (Å²) in [7, 11) is 0. The normalized spacial score (nSPS) is 13.8. The molecule has 0 amide bonds. The van der Waals surface area contributed by atoms with E-state index in [4.69, 9.17) is 0 Å². The highest BCUT2D eigenvalue weighted by Gasteiger charge is 2.21. The molecule has 0 aromatic heterocycles. The Morgan fingerprint density at radius 2 is 1.62 bits per heavy atom. The van der Waals surface area contributed by atoms with Crippen molar-refractivity contribution in [2.24, 2.45) is 11.3 Å². The highest BCUT2D eigenvalue weighted by molar-refractivity contribution is 5.78. The predicted octanol–water partition coefficient (Wildman–Crippen LogP) is 4.99. The van der Waals surface area contributed by atoms with Crippen molar-refractivity contribution in [3.05, 3.63) is 0 Å². The van der Waals surface area contributed by atoms with Crippen molar-refractivity contribution in [2.75, 3.05) is 0 Å². The fourth-order valence-electron chi connectivity index (χ4n) is 1.68. The summed E-state index contributed by atoms with van der Waals surface area (Å²) < 4.78 is 0. The number of carbonyl (C=O) groups is 1. The lowest BCUT2D eigenvalue weighted by Gasteiger charge is -2.26. The van der Waals surface area contributed by atoms with Gasteiger partial charge in [0, 0.05) is 12.8 Å². The number of carbonyl (C=O) groups excluding carboxylic acids is 1. The van der Waals surface area contributed by atoms with E-state index < -0.39 is 0 Å². The van der Waals surface area contributed by atoms with Crippen LogP contribution in [0.3, 0.4) is 0 Å². The standard InChI is InChI=1S/C15H30O/c1-6-7-8-9-10-11-14(16)12-13(2)15(3,4)5/h13H,6-12H2,1-5H3. The second kappa shape index (κ2) is 7.86. The molecule has 0 saturated heterocycles. The molecule has 0 aliphatic carbocycles. The van der Waals surface area contributed by atoms with Gasteiger partial charge in [0.05, 0.1) is 0 Å². The number of hydrogen-bond donors (Lipinski definition) is 0. The van der Waals surface area contributed by atoms with Crippen LogP contribution in [-0.4, -0.2) is 5.78 Å². The van der Waals surface area contributed by atoms with Gasteiger partial charge >= 0.3 is 0 Å². The summed E-state index contributed by atoms with van der Waals surface area (Å²) in [6.45, 7) is 11.1. The Bertz CT molecular complexity index is 188. The maximum absolute atomic E-state index is 11.7. The molecule has 0 rings (SSSR count). The van der Waals surface area contributed by atoms with Gasteiger partial charge in [0.2, 0.25) is 0 Å². The molecule has 1 nitrogen and oxygen atoms in total. The van der Waals surface area contributed by atoms with Crippen LogP contribution in [-0.2, 0) is 4.79 Å². The van der Waals surface area contributed by atoms with Crippen molar-refractivity contribution < 1.29 is 4.79 Å². The highest BCUT2D eigenvalue weighted by atomic mass is 16.1. The van der Waals surface area contributed by atoms with Crippen LogP contribution in [0.25, 0.3) is 0 Å². The molecule has 1 heteroatoms. The Morgan fingerprint density at radius 3 is 2.12 bits per heavy atom. The molecule has 1 atom stereocenters. The van der Waals surface area contributed by atoms with Crippen LogP contribution in [0.4, 0.5) is 0 Å². The average molecular weight is 226 g/mol. The van der Waals surface area contributed by atoms with Crippen LogP contribution < -0.4 is 0 Å². The number of ketones is 1. The van der Waals surface area contributed by atoms with Gasteiger partial charge in [-0.2, -0.15) is 0 Å². The van der Waals surface area contributed by atoms with Gasteiger partial charge in [-0.1, -0.05) is 60.3 Å². The topological polar surface area (TPSA) is 17.1 Å². The molecule has 0 spiro atoms. The van der Waals surface area contributed by atoms with Gasteiger partial charge in [-0.15, -0.1) is 0 Å². The molecule has 0 aliphatic rings. The zero-order valence-corrected chi connectivity index (χ0v) is 11.9. The molecule has 0 aromatic carbocycles. The van der Waals surface area contributed by atoms with Crippen molar-refractivity contribution in [1.82, 2.24) is 0 Å². The lowest BCUT2D eigenvalue weighted by atomic mass is 9.79. The van der Waals surface area contributed by atoms with Crippen molar-refractivity contribution in [3.63, 3.8) is 0 Å². The van der Waals surface area contributed by atoms with E-state index in [1.165, 1.54) is 25.7 Å². The summed E-state index contributed by atoms with van der Waals surface area (Å²) in [5.74, 6) is 0.953. The van der Waals surface area contributed by atoms with Crippen molar-refractivity contribution in [1.29, 1.82) is 0 Å². The molecule has 0 radical (unpaired) electrons. The maximum Gasteiger partial charge on any atom is 0.133 e. The minimum Gasteiger partial charge on any atom is -0.300 e. The van der Waals surface area contributed by atoms with Crippen LogP contribution in [0.15, 0.2) is 0 Å². The van der Waals surface area contributed by atoms with Gasteiger partial charge in [0.1, 0.15) is 5.78 Å². The minimum atomic E-state index is 0.262. The van der Waals surface area contributed by atoms with E-state index in [2.05, 4.69) is 34.6 Å². The Hall–Kier alpha value is -0.330. The fourth-order valence-corrected chi connectivity index (χ4v) is 1.68. The lowest BCUT2D eigenvalue weighted by Crippen LogP contribution is -2.20. The van der Waals surface area contributed by atoms with Crippen LogP contribution in [0, 0.1) is 11.3 Å². The van der Waals surface area contributed by atoms with E-state index >= 15 is 0 Å². The van der Waals surface area contributed by atoms with E-state index in [0.29, 0.717) is 11.7 Å². The summed E-state index contributed by atoms with van der Waals surface area (Å²) in [6, 6.07) is 0. The van der Waals surface area contributed by atoms with Crippen LogP contribution in [0.5, 0.6) is 0 Å². The molecule has 96 valence electrons. The zero-order valence-electron chi connectivity index (χ0n) is 11.9. The monoisotopic (exact) mass is 226 g/mol. The first kappa shape index (κ1) is 15.7. The Kier molecular flexibility index (Phi) is 7.70. The second-order valence-corrected chi connectivity index (χ2v) is 6.17. The van der Waals surface area contributed by atoms with Gasteiger partial charge < -0.3 is 0 Å². The molecular weight excluding hydrogens is 196 g/mol. The molecule has 0 fully saturated rings. The molecule has 16 heavy (non-hydrogen) atoms. The predicted molar refractivity (Wildman–Crippen MR) is 71.6 cm³/mol. The second-order valence-electron chi connectivity index (χ2n) is 6.17. The van der Waals surface area contributed by atoms with Gasteiger partial charge in [-0.05, 0) is 17.8 Å². The molecule has 1 unspecified atom stereocenters. The first-order valence-corrected chi connectivity index (χ1v) is 6.89. The molecular formula is C15H30O. The van der Waals surface area contributed by atoms with Crippen LogP contribution in [0.1, 0.15) is 79.6 Å². The number of unbranched alkanes of at least 4 members (excludes halogenated alkanes) is 4. The van der Waals surface area contributed by atoms with Gasteiger partial charge in [0.15, 0.2) is 0 Å². The number of Topliss-reactive ketones (excluding diaryl/α,β-unsaturated/α-hetero) is 1. The van der Waals surface area contributed by atoms with Crippen molar-refractivity contribution in [3.8, 4) is 0 Å². The van der Waals surface area contributed by atoms with Crippen LogP contribution >= 0.6 is 0 Å². The first-order valence-electron chi connectivity index (χ1n) is 6.89. The van der Waals surface area contributed by atoms with Gasteiger partial charge in [-0.3, -0.25) is 4.79 Å². The molecule has 0 aromatic rings. The van der Waals surface area contributed by atoms with E-state index in [0.717, 1.165) is 19.3 Å². The largest absolute Gasteiger partial charge is 0.300 e. The smallest absolute Gasteiger partial charge is 0.133 e. The third-order valence-corrected chi connectivity index (χ3v) is 3.57. The first-order chi connectivity index (χ1) is 7.38. The maximum atomic E-state index is 11.7. The SMILES string of the molecule is CCCCCCCC(=O)CC(C)C(C)(C)C. The number of hydrogen-bond acceptors (Lipinski definition) is 1. The molecule has 0 heterocycles. The van der Waals surface area contributed by atoms with Crippen molar-refractivity contribution >= 4 is 5.78 Å². The molecule has 0 saturated carbocycles. The average Bonchev–Trinajstić information content (AvgIpc) is 2.16. The molecule has 0 bridgehead atoms. The summed E-state index contributed by atoms with van der Waals surface area (Å²) in [5.41, 5.74) is 0.262. The van der Waals surface area contributed by atoms with Crippen LogP contribution in [0.2, 0.25) is 0 Å². The van der Waals surface area contributed by atoms with E-state index in [9.17, 15) is 4.79 Å². The van der Waals surface area contributed by atoms with E-state index in [-0.39, 0.29) is 5.41 Å². The highest BCUT2D eigenvalue weighted by Crippen LogP contribution is 2.28. The quantitative estimate of drug-likeness (QED) is 0.533. The summed E-state index contributed by atoms with van der Waals surface area (Å²) in [4.78, 5) is 11.7. The van der Waals surface area contributed by atoms with Crippen molar-refractivity contribution in [2.45, 2.75) is 79.6 Å². The summed E-state index contributed by atoms with van der Waals surface area (Å²) >= 11 is 0. The minimum absolute atomic E-state index is 0.262. The summed E-state index contributed by atoms with van der Waals surface area (Å²) in [6.07, 6.45) is 7.75. The van der Waals surface area contributed by atoms with E-state index in [1.54, 1.807) is 0 Å². The van der Waals surface area contributed by atoms with Gasteiger partial charge in [0.25, 0.3) is 0 Å². The third-order valence-electron chi connectivity index (χ3n) is 3.57. The Morgan fingerprint density at radius 1 is 1.06 bits per heavy atom.